The quantitative estimate of drug-likeness (QED) is 0.0394. The van der Waals surface area contributed by atoms with E-state index >= 15 is 0 Å². The lowest BCUT2D eigenvalue weighted by Gasteiger charge is -2.18. The van der Waals surface area contributed by atoms with Gasteiger partial charge in [-0.1, -0.05) is 178 Å². The highest BCUT2D eigenvalue weighted by Crippen LogP contribution is 2.19. The van der Waals surface area contributed by atoms with Crippen LogP contribution in [0.5, 0.6) is 0 Å². The third-order valence-corrected chi connectivity index (χ3v) is 9.55. The Kier molecular flexibility index (Phi) is 39.6. The second-order valence-electron chi connectivity index (χ2n) is 14.5. The van der Waals surface area contributed by atoms with Crippen molar-refractivity contribution in [1.29, 1.82) is 0 Å². The summed E-state index contributed by atoms with van der Waals surface area (Å²) in [5.74, 6) is -0.709. The molecule has 0 fully saturated rings. The fourth-order valence-corrected chi connectivity index (χ4v) is 6.34. The average molecular weight is 699 g/mol. The van der Waals surface area contributed by atoms with Crippen molar-refractivity contribution in [3.8, 4) is 0 Å². The van der Waals surface area contributed by atoms with Crippen molar-refractivity contribution in [1.82, 2.24) is 0 Å². The molecule has 50 heavy (non-hydrogen) atoms. The van der Waals surface area contributed by atoms with Gasteiger partial charge in [0.15, 0.2) is 0 Å². The van der Waals surface area contributed by atoms with Crippen LogP contribution in [0.4, 0.5) is 0 Å². The fourth-order valence-electron chi connectivity index (χ4n) is 6.34. The van der Waals surface area contributed by atoms with E-state index in [-0.39, 0.29) is 18.5 Å². The summed E-state index contributed by atoms with van der Waals surface area (Å²) in [6, 6.07) is 0. The van der Waals surface area contributed by atoms with Crippen LogP contribution >= 0.6 is 0 Å². The minimum Gasteiger partial charge on any atom is -0.481 e. The van der Waals surface area contributed by atoms with E-state index in [1.165, 1.54) is 96.3 Å². The molecule has 1 unspecified atom stereocenters. The molecule has 0 aromatic rings. The van der Waals surface area contributed by atoms with Crippen LogP contribution in [0.3, 0.4) is 0 Å². The Labute approximate surface area is 311 Å². The molecule has 0 aromatic heterocycles. The van der Waals surface area contributed by atoms with Crippen molar-refractivity contribution in [2.75, 3.05) is 0 Å². The predicted octanol–water partition coefficient (Wildman–Crippen LogP) is 15.1. The Morgan fingerprint density at radius 2 is 0.780 bits per heavy atom. The van der Waals surface area contributed by atoms with Crippen LogP contribution in [-0.4, -0.2) is 23.1 Å². The maximum atomic E-state index is 12.7. The monoisotopic (exact) mass is 699 g/mol. The number of carbonyl (C=O) groups excluding carboxylic acids is 1. The zero-order valence-corrected chi connectivity index (χ0v) is 33.2. The first-order valence-corrected chi connectivity index (χ1v) is 21.6. The number of esters is 1. The first kappa shape index (κ1) is 47.9. The van der Waals surface area contributed by atoms with Gasteiger partial charge in [0.2, 0.25) is 0 Å². The van der Waals surface area contributed by atoms with Gasteiger partial charge in [-0.3, -0.25) is 9.59 Å². The predicted molar refractivity (Wildman–Crippen MR) is 218 cm³/mol. The van der Waals surface area contributed by atoms with E-state index in [1.807, 2.05) is 0 Å². The Balaban J connectivity index is 4.11. The number of aliphatic carboxylic acids is 1. The Morgan fingerprint density at radius 3 is 1.24 bits per heavy atom. The van der Waals surface area contributed by atoms with Gasteiger partial charge in [-0.15, -0.1) is 0 Å². The number of rotatable bonds is 39. The highest BCUT2D eigenvalue weighted by Gasteiger charge is 2.14. The molecular formula is C46H82O4. The minimum atomic E-state index is -0.695. The van der Waals surface area contributed by atoms with Crippen LogP contribution in [0.1, 0.15) is 226 Å². The van der Waals surface area contributed by atoms with Gasteiger partial charge < -0.3 is 9.84 Å². The molecular weight excluding hydrogens is 617 g/mol. The minimum absolute atomic E-state index is 0.0136. The number of allylic oxidation sites excluding steroid dienone is 8. The van der Waals surface area contributed by atoms with Crippen LogP contribution in [-0.2, 0) is 14.3 Å². The highest BCUT2D eigenvalue weighted by molar-refractivity contribution is 5.69. The molecule has 0 spiro atoms. The van der Waals surface area contributed by atoms with E-state index in [0.29, 0.717) is 6.42 Å². The third kappa shape index (κ3) is 40.3. The molecule has 0 rings (SSSR count). The summed E-state index contributed by atoms with van der Waals surface area (Å²) in [5, 5.41) is 8.81. The normalized spacial score (nSPS) is 12.7. The lowest BCUT2D eigenvalue weighted by atomic mass is 10.0. The van der Waals surface area contributed by atoms with Gasteiger partial charge in [0.1, 0.15) is 6.10 Å². The number of hydrogen-bond donors (Lipinski definition) is 1. The standard InChI is InChI=1S/C46H82O4/c1-3-5-7-9-11-13-15-17-18-19-20-21-22-23-25-27-29-35-39-43-46(49)50-44(41-37-33-30-31-34-38-42-45(47)48)40-36-32-28-26-24-16-14-12-10-8-6-4-2/h11,13,17-18,20-21,23,25,44H,3-10,12,14-16,19,22,24,26-43H2,1-2H3,(H,47,48)/b13-11-,18-17-,21-20-,25-23-. The van der Waals surface area contributed by atoms with Crippen LogP contribution in [0.2, 0.25) is 0 Å². The summed E-state index contributed by atoms with van der Waals surface area (Å²) in [6.07, 6.45) is 55.6. The van der Waals surface area contributed by atoms with Gasteiger partial charge in [0, 0.05) is 12.8 Å². The van der Waals surface area contributed by atoms with Gasteiger partial charge in [0.05, 0.1) is 0 Å². The summed E-state index contributed by atoms with van der Waals surface area (Å²) in [5.41, 5.74) is 0. The van der Waals surface area contributed by atoms with E-state index in [9.17, 15) is 9.59 Å². The number of carbonyl (C=O) groups is 2. The molecule has 0 aliphatic rings. The fraction of sp³-hybridized carbons (Fsp3) is 0.783. The van der Waals surface area contributed by atoms with E-state index in [2.05, 4.69) is 62.5 Å². The van der Waals surface area contributed by atoms with Gasteiger partial charge in [-0.05, 0) is 83.5 Å². The smallest absolute Gasteiger partial charge is 0.306 e. The molecule has 4 heteroatoms. The number of unbranched alkanes of at least 4 members (excludes halogenated alkanes) is 22. The van der Waals surface area contributed by atoms with Crippen LogP contribution in [0.25, 0.3) is 0 Å². The maximum Gasteiger partial charge on any atom is 0.306 e. The van der Waals surface area contributed by atoms with Crippen molar-refractivity contribution in [2.45, 2.75) is 232 Å². The molecule has 1 N–H and O–H groups in total. The van der Waals surface area contributed by atoms with Crippen molar-refractivity contribution >= 4 is 11.9 Å². The topological polar surface area (TPSA) is 63.6 Å². The van der Waals surface area contributed by atoms with Gasteiger partial charge in [0.25, 0.3) is 0 Å². The molecule has 0 radical (unpaired) electrons. The summed E-state index contributed by atoms with van der Waals surface area (Å²) < 4.78 is 6.03. The van der Waals surface area contributed by atoms with Gasteiger partial charge in [-0.2, -0.15) is 0 Å². The zero-order chi connectivity index (χ0) is 36.4. The SMILES string of the molecule is CCCCC/C=C\C/C=C\C/C=C\C/C=C\CCCCCC(=O)OC(CCCCCCCCCCCCCC)CCCCCCCCC(=O)O. The van der Waals surface area contributed by atoms with E-state index in [1.54, 1.807) is 0 Å². The van der Waals surface area contributed by atoms with Crippen molar-refractivity contribution in [3.63, 3.8) is 0 Å². The molecule has 290 valence electrons. The molecule has 0 bridgehead atoms. The van der Waals surface area contributed by atoms with E-state index in [0.717, 1.165) is 103 Å². The van der Waals surface area contributed by atoms with Gasteiger partial charge >= 0.3 is 11.9 Å². The molecule has 0 heterocycles. The average Bonchev–Trinajstić information content (AvgIpc) is 3.10. The number of ether oxygens (including phenoxy) is 1. The zero-order valence-electron chi connectivity index (χ0n) is 33.2. The first-order valence-electron chi connectivity index (χ1n) is 21.6. The first-order chi connectivity index (χ1) is 24.6. The summed E-state index contributed by atoms with van der Waals surface area (Å²) >= 11 is 0. The molecule has 0 aliphatic carbocycles. The van der Waals surface area contributed by atoms with Crippen molar-refractivity contribution in [2.24, 2.45) is 0 Å². The Morgan fingerprint density at radius 1 is 0.440 bits per heavy atom. The Bertz CT molecular complexity index is 839. The number of carboxylic acid groups (broad SMARTS) is 1. The molecule has 0 aliphatic heterocycles. The second kappa shape index (κ2) is 41.3. The molecule has 0 aromatic carbocycles. The van der Waals surface area contributed by atoms with E-state index < -0.39 is 5.97 Å². The highest BCUT2D eigenvalue weighted by atomic mass is 16.5. The molecule has 4 nitrogen and oxygen atoms in total. The second-order valence-corrected chi connectivity index (χ2v) is 14.5. The molecule has 0 saturated carbocycles. The third-order valence-electron chi connectivity index (χ3n) is 9.55. The van der Waals surface area contributed by atoms with E-state index in [4.69, 9.17) is 9.84 Å². The van der Waals surface area contributed by atoms with Gasteiger partial charge in [-0.25, -0.2) is 0 Å². The maximum absolute atomic E-state index is 12.7. The molecule has 0 saturated heterocycles. The largest absolute Gasteiger partial charge is 0.481 e. The lowest BCUT2D eigenvalue weighted by Crippen LogP contribution is -2.18. The Hall–Kier alpha value is -2.10. The van der Waals surface area contributed by atoms with Crippen LogP contribution in [0, 0.1) is 0 Å². The molecule has 0 amide bonds. The van der Waals surface area contributed by atoms with Crippen LogP contribution in [0.15, 0.2) is 48.6 Å². The van der Waals surface area contributed by atoms with Crippen molar-refractivity contribution in [3.05, 3.63) is 48.6 Å². The lowest BCUT2D eigenvalue weighted by molar-refractivity contribution is -0.150. The molecule has 1 atom stereocenters. The van der Waals surface area contributed by atoms with Crippen molar-refractivity contribution < 1.29 is 19.4 Å². The summed E-state index contributed by atoms with van der Waals surface area (Å²) in [6.45, 7) is 4.53. The summed E-state index contributed by atoms with van der Waals surface area (Å²) in [7, 11) is 0. The summed E-state index contributed by atoms with van der Waals surface area (Å²) in [4.78, 5) is 23.4. The number of carboxylic acids is 1. The van der Waals surface area contributed by atoms with Crippen LogP contribution < -0.4 is 0 Å². The number of hydrogen-bond acceptors (Lipinski definition) is 3.